The van der Waals surface area contributed by atoms with Crippen LogP contribution < -0.4 is 0 Å². The fourth-order valence-electron chi connectivity index (χ4n) is 4.75. The van der Waals surface area contributed by atoms with Gasteiger partial charge >= 0.3 is 0 Å². The summed E-state index contributed by atoms with van der Waals surface area (Å²) in [4.78, 5) is 0. The number of fused-ring (bicyclic) bond motifs is 5. The zero-order valence-corrected chi connectivity index (χ0v) is 15.8. The van der Waals surface area contributed by atoms with Crippen LogP contribution in [-0.4, -0.2) is 0 Å². The summed E-state index contributed by atoms with van der Waals surface area (Å²) < 4.78 is 40.7. The average molecular weight is 388 g/mol. The van der Waals surface area contributed by atoms with Crippen molar-refractivity contribution in [3.8, 4) is 0 Å². The lowest BCUT2D eigenvalue weighted by molar-refractivity contribution is 0.441. The van der Waals surface area contributed by atoms with Crippen LogP contribution in [0.15, 0.2) is 61.2 Å². The lowest BCUT2D eigenvalue weighted by Gasteiger charge is -2.26. The minimum atomic E-state index is -1.40. The van der Waals surface area contributed by atoms with Gasteiger partial charge in [-0.15, -0.1) is 0 Å². The number of halogens is 3. The van der Waals surface area contributed by atoms with Gasteiger partial charge in [-0.05, 0) is 81.1 Å². The van der Waals surface area contributed by atoms with Crippen LogP contribution in [0, 0.1) is 17.5 Å². The molecule has 5 rings (SSSR count). The minimum absolute atomic E-state index is 0.0163. The molecular formula is C26H19F3. The molecule has 0 nitrogen and oxygen atoms in total. The molecule has 0 radical (unpaired) electrons. The second kappa shape index (κ2) is 6.77. The molecule has 1 unspecified atom stereocenters. The highest BCUT2D eigenvalue weighted by atomic mass is 19.2. The largest absolute Gasteiger partial charge is 0.204 e. The molecule has 1 aliphatic carbocycles. The highest BCUT2D eigenvalue weighted by Crippen LogP contribution is 2.39. The molecule has 0 N–H and O–H groups in total. The summed E-state index contributed by atoms with van der Waals surface area (Å²) in [5.41, 5.74) is 4.13. The number of aryl methyl sites for hydroxylation is 1. The van der Waals surface area contributed by atoms with Crippen LogP contribution in [0.5, 0.6) is 0 Å². The van der Waals surface area contributed by atoms with E-state index in [4.69, 9.17) is 0 Å². The predicted octanol–water partition coefficient (Wildman–Crippen LogP) is 7.33. The normalized spacial score (nSPS) is 16.2. The van der Waals surface area contributed by atoms with E-state index < -0.39 is 17.5 Å². The second-order valence-electron chi connectivity index (χ2n) is 7.75. The summed E-state index contributed by atoms with van der Waals surface area (Å²) in [6, 6.07) is 17.1. The highest BCUT2D eigenvalue weighted by Gasteiger charge is 2.24. The van der Waals surface area contributed by atoms with Gasteiger partial charge in [0.1, 0.15) is 0 Å². The monoisotopic (exact) mass is 388 g/mol. The fourth-order valence-corrected chi connectivity index (χ4v) is 4.75. The third-order valence-corrected chi connectivity index (χ3v) is 6.21. The quantitative estimate of drug-likeness (QED) is 0.249. The molecule has 0 spiro atoms. The minimum Gasteiger partial charge on any atom is -0.204 e. The summed E-state index contributed by atoms with van der Waals surface area (Å²) in [7, 11) is 0. The van der Waals surface area contributed by atoms with Gasteiger partial charge in [0.25, 0.3) is 0 Å². The van der Waals surface area contributed by atoms with E-state index in [0.717, 1.165) is 30.5 Å². The van der Waals surface area contributed by atoms with Gasteiger partial charge in [0.05, 0.1) is 0 Å². The Bertz CT molecular complexity index is 1260. The maximum absolute atomic E-state index is 13.7. The number of rotatable bonds is 2. The van der Waals surface area contributed by atoms with Crippen LogP contribution in [-0.2, 0) is 12.8 Å². The summed E-state index contributed by atoms with van der Waals surface area (Å²) in [6.07, 6.45) is 4.17. The lowest BCUT2D eigenvalue weighted by Crippen LogP contribution is -2.14. The van der Waals surface area contributed by atoms with Gasteiger partial charge < -0.3 is 0 Å². The number of hydrogen-bond acceptors (Lipinski definition) is 0. The van der Waals surface area contributed by atoms with Crippen LogP contribution in [0.3, 0.4) is 0 Å². The Labute approximate surface area is 167 Å². The second-order valence-corrected chi connectivity index (χ2v) is 7.75. The Morgan fingerprint density at radius 1 is 0.828 bits per heavy atom. The Kier molecular flexibility index (Phi) is 4.20. The summed E-state index contributed by atoms with van der Waals surface area (Å²) in [6.45, 7) is 3.91. The number of benzene rings is 4. The molecule has 29 heavy (non-hydrogen) atoms. The van der Waals surface area contributed by atoms with Crippen molar-refractivity contribution < 1.29 is 13.2 Å². The molecule has 0 saturated heterocycles. The van der Waals surface area contributed by atoms with Crippen LogP contribution in [0.25, 0.3) is 27.6 Å². The van der Waals surface area contributed by atoms with E-state index in [0.29, 0.717) is 12.0 Å². The smallest absolute Gasteiger partial charge is 0.194 e. The third-order valence-electron chi connectivity index (χ3n) is 6.21. The van der Waals surface area contributed by atoms with Gasteiger partial charge in [0.2, 0.25) is 0 Å². The van der Waals surface area contributed by atoms with Gasteiger partial charge in [-0.25, -0.2) is 13.2 Å². The molecule has 144 valence electrons. The maximum Gasteiger partial charge on any atom is 0.194 e. The van der Waals surface area contributed by atoms with Crippen molar-refractivity contribution in [3.05, 3.63) is 101 Å². The number of hydrogen-bond donors (Lipinski definition) is 0. The Morgan fingerprint density at radius 2 is 1.52 bits per heavy atom. The van der Waals surface area contributed by atoms with Crippen LogP contribution in [0.4, 0.5) is 13.2 Å². The van der Waals surface area contributed by atoms with E-state index in [-0.39, 0.29) is 5.92 Å². The third kappa shape index (κ3) is 2.84. The van der Waals surface area contributed by atoms with Crippen molar-refractivity contribution in [2.24, 2.45) is 0 Å². The molecule has 4 aromatic carbocycles. The SMILES string of the molecule is C=Cc1cccc2c1ccc1c3c(ccc12)CC(c1cc(F)c(F)c(F)c1)CC3. The van der Waals surface area contributed by atoms with E-state index >= 15 is 0 Å². The Hall–Kier alpha value is -3.07. The van der Waals surface area contributed by atoms with Crippen molar-refractivity contribution in [1.82, 2.24) is 0 Å². The molecule has 3 heteroatoms. The summed E-state index contributed by atoms with van der Waals surface area (Å²) in [5.74, 6) is -3.65. The van der Waals surface area contributed by atoms with Gasteiger partial charge in [-0.1, -0.05) is 55.1 Å². The standard InChI is InChI=1S/C26H19F3/c1-2-15-4-3-5-21-19(15)10-11-22-20-8-6-16(12-17(20)7-9-23(21)22)18-13-24(27)26(29)25(28)14-18/h2-5,7,9-11,13-14,16H,1,6,8,12H2. The first-order valence-electron chi connectivity index (χ1n) is 9.80. The first-order chi connectivity index (χ1) is 14.1. The molecule has 1 aliphatic rings. The van der Waals surface area contributed by atoms with Gasteiger partial charge in [-0.2, -0.15) is 0 Å². The average Bonchev–Trinajstić information content (AvgIpc) is 2.75. The Balaban J connectivity index is 1.60. The fraction of sp³-hybridized carbons (Fsp3) is 0.154. The zero-order valence-electron chi connectivity index (χ0n) is 15.8. The molecule has 0 amide bonds. The highest BCUT2D eigenvalue weighted by molar-refractivity contribution is 6.10. The van der Waals surface area contributed by atoms with Crippen molar-refractivity contribution in [2.75, 3.05) is 0 Å². The molecule has 0 aromatic heterocycles. The summed E-state index contributed by atoms with van der Waals surface area (Å²) >= 11 is 0. The van der Waals surface area contributed by atoms with Crippen molar-refractivity contribution in [2.45, 2.75) is 25.2 Å². The molecule has 1 atom stereocenters. The maximum atomic E-state index is 13.7. The molecule has 0 aliphatic heterocycles. The van der Waals surface area contributed by atoms with Crippen molar-refractivity contribution in [1.29, 1.82) is 0 Å². The van der Waals surface area contributed by atoms with E-state index in [2.05, 4.69) is 43.0 Å². The zero-order chi connectivity index (χ0) is 20.1. The van der Waals surface area contributed by atoms with Crippen molar-refractivity contribution >= 4 is 27.6 Å². The van der Waals surface area contributed by atoms with Crippen LogP contribution in [0.1, 0.15) is 34.6 Å². The predicted molar refractivity (Wildman–Crippen MR) is 113 cm³/mol. The molecule has 4 aromatic rings. The van der Waals surface area contributed by atoms with Crippen LogP contribution >= 0.6 is 0 Å². The first-order valence-corrected chi connectivity index (χ1v) is 9.80. The van der Waals surface area contributed by atoms with E-state index in [1.165, 1.54) is 32.7 Å². The van der Waals surface area contributed by atoms with Gasteiger partial charge in [-0.3, -0.25) is 0 Å². The van der Waals surface area contributed by atoms with Crippen molar-refractivity contribution in [3.63, 3.8) is 0 Å². The molecule has 0 bridgehead atoms. The molecule has 0 fully saturated rings. The Morgan fingerprint density at radius 3 is 2.28 bits per heavy atom. The van der Waals surface area contributed by atoms with Gasteiger partial charge in [0.15, 0.2) is 17.5 Å². The topological polar surface area (TPSA) is 0 Å². The van der Waals surface area contributed by atoms with E-state index in [1.807, 2.05) is 12.1 Å². The van der Waals surface area contributed by atoms with E-state index in [9.17, 15) is 13.2 Å². The molecule has 0 saturated carbocycles. The van der Waals surface area contributed by atoms with E-state index in [1.54, 1.807) is 0 Å². The molecule has 0 heterocycles. The molecular weight excluding hydrogens is 369 g/mol. The van der Waals surface area contributed by atoms with Crippen LogP contribution in [0.2, 0.25) is 0 Å². The van der Waals surface area contributed by atoms with Gasteiger partial charge in [0, 0.05) is 0 Å². The summed E-state index contributed by atoms with van der Waals surface area (Å²) in [5, 5.41) is 4.82. The first kappa shape index (κ1) is 18.0. The lowest BCUT2D eigenvalue weighted by atomic mass is 9.78.